The van der Waals surface area contributed by atoms with E-state index in [0.29, 0.717) is 11.1 Å². The van der Waals surface area contributed by atoms with Gasteiger partial charge in [-0.3, -0.25) is 14.2 Å². The second kappa shape index (κ2) is 6.60. The number of hydrogen-bond donors (Lipinski definition) is 1. The molecule has 3 heterocycles. The van der Waals surface area contributed by atoms with E-state index in [0.717, 1.165) is 40.6 Å². The third-order valence-electron chi connectivity index (χ3n) is 5.25. The minimum Gasteiger partial charge on any atom is -0.459 e. The highest BCUT2D eigenvalue weighted by Crippen LogP contribution is 2.34. The second-order valence-corrected chi connectivity index (χ2v) is 8.27. The highest BCUT2D eigenvalue weighted by molar-refractivity contribution is 7.18. The van der Waals surface area contributed by atoms with Gasteiger partial charge in [-0.2, -0.15) is 0 Å². The number of rotatable bonds is 4. The van der Waals surface area contributed by atoms with Gasteiger partial charge in [-0.05, 0) is 43.9 Å². The van der Waals surface area contributed by atoms with Crippen LogP contribution in [0.25, 0.3) is 21.2 Å². The van der Waals surface area contributed by atoms with E-state index in [9.17, 15) is 9.59 Å². The molecule has 1 amide bonds. The average Bonchev–Trinajstić information content (AvgIpc) is 3.37. The van der Waals surface area contributed by atoms with E-state index < -0.39 is 0 Å². The topological polar surface area (TPSA) is 77.1 Å². The van der Waals surface area contributed by atoms with Crippen LogP contribution >= 0.6 is 11.3 Å². The molecule has 5 rings (SSSR count). The Balaban J connectivity index is 1.36. The van der Waals surface area contributed by atoms with E-state index in [2.05, 4.69) is 10.3 Å². The molecule has 3 aromatic heterocycles. The normalized spacial score (nSPS) is 14.5. The van der Waals surface area contributed by atoms with Gasteiger partial charge in [0.15, 0.2) is 0 Å². The summed E-state index contributed by atoms with van der Waals surface area (Å²) in [5, 5.41) is 4.60. The number of amides is 1. The Morgan fingerprint density at radius 1 is 1.36 bits per heavy atom. The highest BCUT2D eigenvalue weighted by Gasteiger charge is 2.22. The van der Waals surface area contributed by atoms with E-state index in [1.807, 2.05) is 37.3 Å². The van der Waals surface area contributed by atoms with Gasteiger partial charge in [-0.25, -0.2) is 4.98 Å². The van der Waals surface area contributed by atoms with Crippen molar-refractivity contribution in [1.29, 1.82) is 0 Å². The number of thiophene rings is 1. The molecule has 4 aromatic rings. The number of carbonyl (C=O) groups is 1. The number of nitrogens with zero attached hydrogens (tertiary/aromatic N) is 2. The van der Waals surface area contributed by atoms with Crippen molar-refractivity contribution < 1.29 is 9.21 Å². The van der Waals surface area contributed by atoms with E-state index in [4.69, 9.17) is 4.42 Å². The predicted octanol–water partition coefficient (Wildman–Crippen LogP) is 3.57. The molecule has 1 aromatic carbocycles. The Morgan fingerprint density at radius 2 is 2.21 bits per heavy atom. The predicted molar refractivity (Wildman–Crippen MR) is 109 cm³/mol. The molecular formula is C21H19N3O3S. The number of fused-ring (bicyclic) bond motifs is 4. The fraction of sp³-hybridized carbons (Fsp3) is 0.286. The van der Waals surface area contributed by atoms with Crippen molar-refractivity contribution in [3.05, 3.63) is 63.2 Å². The standard InChI is InChI=1S/C21H19N3O3S/c1-12(16-9-13-5-2-3-7-15(13)27-16)23-18(25)10-24-11-22-20-19(21(24)26)14-6-4-8-17(14)28-20/h2-3,5,7,9,11-12H,4,6,8,10H2,1H3,(H,23,25)/t12-/m0/s1. The van der Waals surface area contributed by atoms with Crippen LogP contribution in [0.1, 0.15) is 35.6 Å². The summed E-state index contributed by atoms with van der Waals surface area (Å²) in [4.78, 5) is 31.9. The molecule has 0 spiro atoms. The van der Waals surface area contributed by atoms with Crippen LogP contribution in [-0.2, 0) is 24.2 Å². The van der Waals surface area contributed by atoms with Crippen molar-refractivity contribution in [3.63, 3.8) is 0 Å². The first-order chi connectivity index (χ1) is 13.6. The van der Waals surface area contributed by atoms with Crippen LogP contribution in [0.2, 0.25) is 0 Å². The minimum absolute atomic E-state index is 0.0586. The average molecular weight is 393 g/mol. The van der Waals surface area contributed by atoms with Crippen molar-refractivity contribution in [3.8, 4) is 0 Å². The summed E-state index contributed by atoms with van der Waals surface area (Å²) in [5.41, 5.74) is 1.79. The molecule has 0 saturated heterocycles. The van der Waals surface area contributed by atoms with Crippen LogP contribution in [0, 0.1) is 0 Å². The molecule has 0 fully saturated rings. The summed E-state index contributed by atoms with van der Waals surface area (Å²) in [6.45, 7) is 1.81. The van der Waals surface area contributed by atoms with Crippen molar-refractivity contribution in [2.24, 2.45) is 0 Å². The Morgan fingerprint density at radius 3 is 3.07 bits per heavy atom. The summed E-state index contributed by atoms with van der Waals surface area (Å²) in [6.07, 6.45) is 4.50. The van der Waals surface area contributed by atoms with Gasteiger partial charge in [-0.15, -0.1) is 11.3 Å². The molecular weight excluding hydrogens is 374 g/mol. The lowest BCUT2D eigenvalue weighted by atomic mass is 10.2. The summed E-state index contributed by atoms with van der Waals surface area (Å²) < 4.78 is 7.21. The number of para-hydroxylation sites is 1. The molecule has 142 valence electrons. The molecule has 0 saturated carbocycles. The monoisotopic (exact) mass is 393 g/mol. The molecule has 1 N–H and O–H groups in total. The maximum Gasteiger partial charge on any atom is 0.262 e. The third kappa shape index (κ3) is 2.82. The zero-order valence-corrected chi connectivity index (χ0v) is 16.2. The van der Waals surface area contributed by atoms with E-state index >= 15 is 0 Å². The van der Waals surface area contributed by atoms with Crippen LogP contribution < -0.4 is 10.9 Å². The molecule has 28 heavy (non-hydrogen) atoms. The number of benzene rings is 1. The fourth-order valence-electron chi connectivity index (χ4n) is 3.86. The van der Waals surface area contributed by atoms with Gasteiger partial charge in [0, 0.05) is 10.3 Å². The van der Waals surface area contributed by atoms with Crippen molar-refractivity contribution >= 4 is 38.4 Å². The first kappa shape index (κ1) is 17.2. The summed E-state index contributed by atoms with van der Waals surface area (Å²) in [7, 11) is 0. The van der Waals surface area contributed by atoms with Crippen LogP contribution in [0.15, 0.2) is 45.9 Å². The Hall–Kier alpha value is -2.93. The molecule has 0 aliphatic heterocycles. The van der Waals surface area contributed by atoms with Crippen LogP contribution in [0.3, 0.4) is 0 Å². The lowest BCUT2D eigenvalue weighted by molar-refractivity contribution is -0.122. The first-order valence-corrected chi connectivity index (χ1v) is 10.2. The highest BCUT2D eigenvalue weighted by atomic mass is 32.1. The van der Waals surface area contributed by atoms with Crippen molar-refractivity contribution in [2.45, 2.75) is 38.8 Å². The Labute approximate surface area is 164 Å². The number of nitrogens with one attached hydrogen (secondary N) is 1. The lowest BCUT2D eigenvalue weighted by Gasteiger charge is -2.12. The van der Waals surface area contributed by atoms with E-state index in [1.165, 1.54) is 15.8 Å². The minimum atomic E-state index is -0.294. The SMILES string of the molecule is C[C@H](NC(=O)Cn1cnc2sc3c(c2c1=O)CCC3)c1cc2ccccc2o1. The van der Waals surface area contributed by atoms with Crippen LogP contribution in [0.4, 0.5) is 0 Å². The van der Waals surface area contributed by atoms with Crippen molar-refractivity contribution in [1.82, 2.24) is 14.9 Å². The number of hydrogen-bond acceptors (Lipinski definition) is 5. The molecule has 1 aliphatic carbocycles. The van der Waals surface area contributed by atoms with Gasteiger partial charge in [0.1, 0.15) is 22.7 Å². The lowest BCUT2D eigenvalue weighted by Crippen LogP contribution is -2.33. The zero-order chi connectivity index (χ0) is 19.3. The van der Waals surface area contributed by atoms with Gasteiger partial charge in [0.2, 0.25) is 5.91 Å². The second-order valence-electron chi connectivity index (χ2n) is 7.19. The summed E-state index contributed by atoms with van der Waals surface area (Å²) in [5.74, 6) is 0.439. The largest absolute Gasteiger partial charge is 0.459 e. The zero-order valence-electron chi connectivity index (χ0n) is 15.4. The molecule has 6 nitrogen and oxygen atoms in total. The molecule has 1 atom stereocenters. The van der Waals surface area contributed by atoms with Gasteiger partial charge in [0.25, 0.3) is 5.56 Å². The van der Waals surface area contributed by atoms with Crippen molar-refractivity contribution in [2.75, 3.05) is 0 Å². The molecule has 7 heteroatoms. The Bertz CT molecular complexity index is 1230. The maximum absolute atomic E-state index is 12.9. The van der Waals surface area contributed by atoms with Crippen LogP contribution in [-0.4, -0.2) is 15.5 Å². The Kier molecular flexibility index (Phi) is 4.05. The number of aryl methyl sites for hydroxylation is 2. The third-order valence-corrected chi connectivity index (χ3v) is 6.45. The number of aromatic nitrogens is 2. The number of furan rings is 1. The first-order valence-electron chi connectivity index (χ1n) is 9.37. The summed E-state index contributed by atoms with van der Waals surface area (Å²) >= 11 is 1.60. The van der Waals surface area contributed by atoms with Gasteiger partial charge >= 0.3 is 0 Å². The number of carbonyl (C=O) groups excluding carboxylic acids is 1. The van der Waals surface area contributed by atoms with Crippen LogP contribution in [0.5, 0.6) is 0 Å². The molecule has 0 unspecified atom stereocenters. The maximum atomic E-state index is 12.9. The van der Waals surface area contributed by atoms with Gasteiger partial charge < -0.3 is 9.73 Å². The van der Waals surface area contributed by atoms with Gasteiger partial charge in [0.05, 0.1) is 17.8 Å². The smallest absolute Gasteiger partial charge is 0.262 e. The molecule has 0 radical (unpaired) electrons. The quantitative estimate of drug-likeness (QED) is 0.575. The van der Waals surface area contributed by atoms with Gasteiger partial charge in [-0.1, -0.05) is 18.2 Å². The van der Waals surface area contributed by atoms with E-state index in [-0.39, 0.29) is 24.1 Å². The van der Waals surface area contributed by atoms with E-state index in [1.54, 1.807) is 11.3 Å². The molecule has 1 aliphatic rings. The molecule has 0 bridgehead atoms. The fourth-order valence-corrected chi connectivity index (χ4v) is 5.08. The summed E-state index contributed by atoms with van der Waals surface area (Å²) in [6, 6.07) is 9.35.